The molecule has 0 radical (unpaired) electrons. The Morgan fingerprint density at radius 1 is 1.22 bits per heavy atom. The van der Waals surface area contributed by atoms with Gasteiger partial charge in [0.1, 0.15) is 24.2 Å². The lowest BCUT2D eigenvalue weighted by Crippen LogP contribution is -2.34. The number of carbonyl (C=O) groups is 3. The van der Waals surface area contributed by atoms with Gasteiger partial charge >= 0.3 is 5.97 Å². The van der Waals surface area contributed by atoms with Gasteiger partial charge in [-0.1, -0.05) is 49.8 Å². The first-order chi connectivity index (χ1) is 17.6. The van der Waals surface area contributed by atoms with Crippen LogP contribution in [0.3, 0.4) is 0 Å². The molecule has 10 heteroatoms. The summed E-state index contributed by atoms with van der Waals surface area (Å²) in [5.74, 6) is -1.50. The topological polar surface area (TPSA) is 122 Å². The van der Waals surface area contributed by atoms with Crippen LogP contribution in [0.5, 0.6) is 0 Å². The Labute approximate surface area is 215 Å². The molecule has 0 fully saturated rings. The number of nitrogens with one attached hydrogen (secondary N) is 1. The number of aliphatic hydroxyl groups excluding tert-OH is 1. The first-order valence-electron chi connectivity index (χ1n) is 12.4. The van der Waals surface area contributed by atoms with E-state index in [2.05, 4.69) is 10.3 Å². The number of amides is 2. The van der Waals surface area contributed by atoms with Crippen molar-refractivity contribution >= 4 is 17.8 Å². The molecule has 0 aliphatic carbocycles. The Balaban J connectivity index is 1.82. The van der Waals surface area contributed by atoms with Gasteiger partial charge in [0.2, 0.25) is 5.91 Å². The summed E-state index contributed by atoms with van der Waals surface area (Å²) in [5.41, 5.74) is 0.778. The molecular formula is C27H34FN3O6. The minimum atomic E-state index is -1.46. The second-order valence-corrected chi connectivity index (χ2v) is 9.45. The van der Waals surface area contributed by atoms with E-state index in [0.717, 1.165) is 6.26 Å². The summed E-state index contributed by atoms with van der Waals surface area (Å²) in [5, 5.41) is 12.9. The fourth-order valence-electron chi connectivity index (χ4n) is 4.00. The lowest BCUT2D eigenvalue weighted by Gasteiger charge is -2.23. The molecule has 0 saturated heterocycles. The molecule has 200 valence electrons. The number of fused-ring (bicyclic) bond motifs is 3. The van der Waals surface area contributed by atoms with Crippen LogP contribution < -0.4 is 5.32 Å². The van der Waals surface area contributed by atoms with Crippen LogP contribution in [0.1, 0.15) is 56.4 Å². The molecule has 3 rings (SSSR count). The zero-order chi connectivity index (χ0) is 26.9. The van der Waals surface area contributed by atoms with Crippen molar-refractivity contribution in [2.24, 2.45) is 5.92 Å². The average molecular weight is 516 g/mol. The van der Waals surface area contributed by atoms with E-state index < -0.39 is 30.3 Å². The Kier molecular flexibility index (Phi) is 9.96. The molecule has 0 aromatic carbocycles. The number of alkyl halides is 1. The van der Waals surface area contributed by atoms with Gasteiger partial charge in [0, 0.05) is 25.9 Å². The fourth-order valence-corrected chi connectivity index (χ4v) is 4.00. The normalized spacial score (nSPS) is 25.7. The van der Waals surface area contributed by atoms with Gasteiger partial charge in [-0.05, 0) is 25.3 Å². The lowest BCUT2D eigenvalue weighted by molar-refractivity contribution is -0.147. The molecule has 1 unspecified atom stereocenters. The standard InChI is InChI=1S/C27H34FN3O6/c1-17(2)23-9-4-10-24(33)29-11-5-7-18(3)13-20(32)14-19(28)15-25-30-21(16-36-25)26(34)31-12-6-8-22(31)27(35)37-23/h4-5,7-8,10,13,16-17,19-20,23,32H,6,9,11-12,14-15H2,1-3H3,(H,29,33)/b7-5?,10-4+,18-13?/t19-,20+,23?/m0/s1. The number of rotatable bonds is 1. The minimum Gasteiger partial charge on any atom is -0.457 e. The maximum Gasteiger partial charge on any atom is 0.355 e. The zero-order valence-electron chi connectivity index (χ0n) is 21.4. The van der Waals surface area contributed by atoms with Gasteiger partial charge in [0.25, 0.3) is 5.91 Å². The van der Waals surface area contributed by atoms with Gasteiger partial charge in [-0.15, -0.1) is 0 Å². The highest BCUT2D eigenvalue weighted by Gasteiger charge is 2.32. The van der Waals surface area contributed by atoms with E-state index >= 15 is 0 Å². The SMILES string of the molecule is CC1=C[C@@H](O)C[C@H](F)Cc2nc(co2)C(=O)N2CCC=C2C(=O)OC(C(C)C)C/C=C/C(=O)NCC=C1. The Bertz CT molecular complexity index is 1100. The summed E-state index contributed by atoms with van der Waals surface area (Å²) in [4.78, 5) is 43.5. The maximum absolute atomic E-state index is 14.6. The molecule has 2 N–H and O–H groups in total. The smallest absolute Gasteiger partial charge is 0.355 e. The van der Waals surface area contributed by atoms with E-state index in [1.165, 1.54) is 17.1 Å². The van der Waals surface area contributed by atoms with E-state index in [1.807, 2.05) is 13.8 Å². The summed E-state index contributed by atoms with van der Waals surface area (Å²) >= 11 is 0. The van der Waals surface area contributed by atoms with Crippen molar-refractivity contribution in [2.45, 2.75) is 64.8 Å². The van der Waals surface area contributed by atoms with Crippen LogP contribution in [0.2, 0.25) is 0 Å². The molecule has 1 aromatic rings. The van der Waals surface area contributed by atoms with Crippen LogP contribution in [0.15, 0.2) is 58.4 Å². The number of hydrogen-bond acceptors (Lipinski definition) is 7. The first kappa shape index (κ1) is 28.0. The van der Waals surface area contributed by atoms with E-state index in [4.69, 9.17) is 9.15 Å². The van der Waals surface area contributed by atoms with E-state index in [1.54, 1.807) is 31.2 Å². The van der Waals surface area contributed by atoms with Gasteiger partial charge in [0.15, 0.2) is 11.6 Å². The Morgan fingerprint density at radius 2 is 2.00 bits per heavy atom. The molecule has 2 bridgehead atoms. The molecule has 1 aromatic heterocycles. The molecule has 2 amide bonds. The molecule has 37 heavy (non-hydrogen) atoms. The van der Waals surface area contributed by atoms with Crippen molar-refractivity contribution in [2.75, 3.05) is 13.1 Å². The summed E-state index contributed by atoms with van der Waals surface area (Å²) < 4.78 is 25.6. The number of esters is 1. The zero-order valence-corrected chi connectivity index (χ0v) is 21.4. The third-order valence-corrected chi connectivity index (χ3v) is 5.97. The predicted octanol–water partition coefficient (Wildman–Crippen LogP) is 3.18. The molecule has 3 heterocycles. The number of aliphatic hydroxyl groups is 1. The van der Waals surface area contributed by atoms with Crippen molar-refractivity contribution in [3.8, 4) is 0 Å². The van der Waals surface area contributed by atoms with Gasteiger partial charge in [-0.2, -0.15) is 0 Å². The summed E-state index contributed by atoms with van der Waals surface area (Å²) in [6.45, 7) is 6.10. The van der Waals surface area contributed by atoms with Gasteiger partial charge in [-0.25, -0.2) is 14.2 Å². The molecule has 2 aliphatic rings. The van der Waals surface area contributed by atoms with Crippen molar-refractivity contribution < 1.29 is 33.0 Å². The minimum absolute atomic E-state index is 0.0248. The van der Waals surface area contributed by atoms with E-state index in [9.17, 15) is 23.9 Å². The fraction of sp³-hybridized carbons (Fsp3) is 0.481. The molecule has 3 atom stereocenters. The van der Waals surface area contributed by atoms with Crippen LogP contribution in [0.4, 0.5) is 4.39 Å². The van der Waals surface area contributed by atoms with Crippen molar-refractivity contribution in [3.63, 3.8) is 0 Å². The molecule has 0 saturated carbocycles. The van der Waals surface area contributed by atoms with Gasteiger partial charge in [0.05, 0.1) is 12.5 Å². The number of oxazole rings is 1. The number of halogens is 1. The number of nitrogens with zero attached hydrogens (tertiary/aromatic N) is 2. The molecule has 9 nitrogen and oxygen atoms in total. The Morgan fingerprint density at radius 3 is 2.76 bits per heavy atom. The van der Waals surface area contributed by atoms with Crippen LogP contribution in [0, 0.1) is 5.92 Å². The van der Waals surface area contributed by atoms with Crippen LogP contribution >= 0.6 is 0 Å². The highest BCUT2D eigenvalue weighted by atomic mass is 19.1. The quantitative estimate of drug-likeness (QED) is 0.551. The van der Waals surface area contributed by atoms with Crippen molar-refractivity contribution in [1.82, 2.24) is 15.2 Å². The van der Waals surface area contributed by atoms with Gasteiger partial charge < -0.3 is 24.5 Å². The number of carbonyl (C=O) groups excluding carboxylic acids is 3. The number of hydrogen-bond donors (Lipinski definition) is 2. The predicted molar refractivity (Wildman–Crippen MR) is 134 cm³/mol. The second-order valence-electron chi connectivity index (χ2n) is 9.45. The number of cyclic esters (lactones) is 1. The van der Waals surface area contributed by atoms with Crippen molar-refractivity contribution in [3.05, 3.63) is 65.6 Å². The largest absolute Gasteiger partial charge is 0.457 e. The lowest BCUT2D eigenvalue weighted by atomic mass is 10.0. The highest BCUT2D eigenvalue weighted by molar-refractivity contribution is 6.00. The summed E-state index contributed by atoms with van der Waals surface area (Å²) in [6, 6.07) is 0. The third kappa shape index (κ3) is 8.24. The second kappa shape index (κ2) is 13.1. The van der Waals surface area contributed by atoms with Crippen LogP contribution in [-0.4, -0.2) is 64.2 Å². The first-order valence-corrected chi connectivity index (χ1v) is 12.4. The third-order valence-electron chi connectivity index (χ3n) is 5.97. The monoisotopic (exact) mass is 515 g/mol. The summed E-state index contributed by atoms with van der Waals surface area (Å²) in [7, 11) is 0. The number of ether oxygens (including phenoxy) is 1. The van der Waals surface area contributed by atoms with Crippen molar-refractivity contribution in [1.29, 1.82) is 0 Å². The van der Waals surface area contributed by atoms with Gasteiger partial charge in [-0.3, -0.25) is 9.59 Å². The molecular weight excluding hydrogens is 481 g/mol. The maximum atomic E-state index is 14.6. The highest BCUT2D eigenvalue weighted by Crippen LogP contribution is 2.23. The molecule has 2 aliphatic heterocycles. The average Bonchev–Trinajstić information content (AvgIpc) is 3.50. The van der Waals surface area contributed by atoms with E-state index in [-0.39, 0.29) is 55.0 Å². The van der Waals surface area contributed by atoms with Crippen LogP contribution in [-0.2, 0) is 20.7 Å². The molecule has 0 spiro atoms. The van der Waals surface area contributed by atoms with Crippen LogP contribution in [0.25, 0.3) is 0 Å². The number of allylic oxidation sites excluding steroid dienone is 2. The van der Waals surface area contributed by atoms with E-state index in [0.29, 0.717) is 18.4 Å². The summed E-state index contributed by atoms with van der Waals surface area (Å²) in [6.07, 6.45) is 8.16. The number of aromatic nitrogens is 1. The Hall–Kier alpha value is -3.53.